The molecular weight excluding hydrogens is 463 g/mol. The molecule has 1 aromatic carbocycles. The number of piperidine rings is 1. The number of carbonyl (C=O) groups is 1. The molecule has 2 fully saturated rings. The lowest BCUT2D eigenvalue weighted by Crippen LogP contribution is -2.54. The number of hydrogen-bond donors (Lipinski definition) is 2. The highest BCUT2D eigenvalue weighted by Gasteiger charge is 2.31. The highest BCUT2D eigenvalue weighted by atomic mass is 32.1. The lowest BCUT2D eigenvalue weighted by atomic mass is 9.96. The van der Waals surface area contributed by atoms with Gasteiger partial charge in [-0.3, -0.25) is 4.79 Å². The molecule has 1 aliphatic heterocycles. The minimum absolute atomic E-state index is 0.0272. The zero-order valence-corrected chi connectivity index (χ0v) is 20.5. The number of nitrogens with one attached hydrogen (secondary N) is 2. The van der Waals surface area contributed by atoms with Gasteiger partial charge in [-0.1, -0.05) is 12.6 Å². The Labute approximate surface area is 208 Å². The fourth-order valence-electron chi connectivity index (χ4n) is 4.67. The van der Waals surface area contributed by atoms with Gasteiger partial charge in [-0.25, -0.2) is 4.39 Å². The second kappa shape index (κ2) is 9.62. The maximum atomic E-state index is 14.7. The van der Waals surface area contributed by atoms with E-state index in [0.29, 0.717) is 17.4 Å². The van der Waals surface area contributed by atoms with Crippen molar-refractivity contribution in [3.05, 3.63) is 70.6 Å². The summed E-state index contributed by atoms with van der Waals surface area (Å²) >= 11 is 1.33. The van der Waals surface area contributed by atoms with Gasteiger partial charge in [0.25, 0.3) is 11.7 Å². The van der Waals surface area contributed by atoms with Gasteiger partial charge in [0.1, 0.15) is 17.0 Å². The lowest BCUT2D eigenvalue weighted by molar-refractivity contribution is 0.0920. The minimum Gasteiger partial charge on any atom is -0.364 e. The summed E-state index contributed by atoms with van der Waals surface area (Å²) in [6, 6.07) is 8.67. The molecule has 5 rings (SSSR count). The molecule has 35 heavy (non-hydrogen) atoms. The molecule has 1 amide bonds. The van der Waals surface area contributed by atoms with Gasteiger partial charge in [0.15, 0.2) is 0 Å². The Bertz CT molecular complexity index is 1300. The van der Waals surface area contributed by atoms with Crippen molar-refractivity contribution >= 4 is 39.6 Å². The third-order valence-corrected chi connectivity index (χ3v) is 7.56. The summed E-state index contributed by atoms with van der Waals surface area (Å²) in [5.41, 5.74) is 3.47. The molecule has 1 saturated carbocycles. The third kappa shape index (κ3) is 4.98. The molecule has 2 aliphatic rings. The van der Waals surface area contributed by atoms with Gasteiger partial charge in [0.2, 0.25) is 0 Å². The normalized spacial score (nSPS) is 19.8. The number of amides is 1. The van der Waals surface area contributed by atoms with Gasteiger partial charge < -0.3 is 20.4 Å². The highest BCUT2D eigenvalue weighted by Crippen LogP contribution is 2.40. The first-order valence-corrected chi connectivity index (χ1v) is 12.6. The fourth-order valence-corrected chi connectivity index (χ4v) is 5.35. The van der Waals surface area contributed by atoms with Crippen molar-refractivity contribution in [1.29, 1.82) is 0 Å². The number of benzene rings is 1. The molecule has 3 aromatic rings. The van der Waals surface area contributed by atoms with E-state index in [0.717, 1.165) is 54.2 Å². The summed E-state index contributed by atoms with van der Waals surface area (Å²) in [5.74, 6) is -0.108. The van der Waals surface area contributed by atoms with Gasteiger partial charge in [0, 0.05) is 18.6 Å². The van der Waals surface area contributed by atoms with Gasteiger partial charge in [-0.2, -0.15) is 4.37 Å². The number of nitrogens with zero attached hydrogens (tertiary/aromatic N) is 4. The molecule has 0 spiro atoms. The summed E-state index contributed by atoms with van der Waals surface area (Å²) in [5, 5.41) is 7.17. The van der Waals surface area contributed by atoms with E-state index < -0.39 is 5.82 Å². The maximum absolute atomic E-state index is 14.7. The zero-order chi connectivity index (χ0) is 24.5. The number of anilines is 3. The Kier molecular flexibility index (Phi) is 6.39. The van der Waals surface area contributed by atoms with Crippen molar-refractivity contribution in [2.24, 2.45) is 0 Å². The number of aromatic nitrogens is 2. The van der Waals surface area contributed by atoms with E-state index >= 15 is 0 Å². The number of pyridine rings is 1. The first kappa shape index (κ1) is 23.2. The SMILES string of the molecule is [C-]#[N+]c1ncc(N2CCC[C@@H](NC(=O)c3ccc(C4CC4)cc3F)[C@H]2C)cc1Nc1cc(C)ns1. The van der Waals surface area contributed by atoms with Crippen LogP contribution in [-0.2, 0) is 0 Å². The molecule has 2 atom stereocenters. The topological polar surface area (TPSA) is 74.5 Å². The number of hydrogen-bond acceptors (Lipinski definition) is 6. The third-order valence-electron chi connectivity index (χ3n) is 6.77. The maximum Gasteiger partial charge on any atom is 0.293 e. The smallest absolute Gasteiger partial charge is 0.293 e. The summed E-state index contributed by atoms with van der Waals surface area (Å²) < 4.78 is 18.9. The Morgan fingerprint density at radius 1 is 1.26 bits per heavy atom. The summed E-state index contributed by atoms with van der Waals surface area (Å²) in [6.45, 7) is 12.3. The van der Waals surface area contributed by atoms with Crippen molar-refractivity contribution < 1.29 is 9.18 Å². The number of carbonyl (C=O) groups excluding carboxylic acids is 1. The standard InChI is InChI=1S/C26H27FN6OS/c1-15-11-24(35-32-15)30-23-13-19(14-29-25(23)28-3)33-10-4-5-22(16(33)2)31-26(34)20-9-8-18(12-21(20)27)17-6-7-17/h8-9,11-14,16-17,22,30H,4-7,10H2,1-2H3,(H,31,34)/t16-,22-/m1/s1. The number of rotatable bonds is 6. The molecular formula is C26H27FN6OS. The number of halogens is 1. The monoisotopic (exact) mass is 490 g/mol. The predicted molar refractivity (Wildman–Crippen MR) is 136 cm³/mol. The van der Waals surface area contributed by atoms with Gasteiger partial charge >= 0.3 is 0 Å². The molecule has 0 radical (unpaired) electrons. The van der Waals surface area contributed by atoms with E-state index in [1.54, 1.807) is 12.3 Å². The predicted octanol–water partition coefficient (Wildman–Crippen LogP) is 5.94. The van der Waals surface area contributed by atoms with Crippen molar-refractivity contribution in [2.45, 2.75) is 57.5 Å². The van der Waals surface area contributed by atoms with E-state index in [1.165, 1.54) is 17.6 Å². The van der Waals surface area contributed by atoms with Gasteiger partial charge in [-0.15, -0.1) is 4.98 Å². The van der Waals surface area contributed by atoms with Crippen LogP contribution in [0.1, 0.15) is 60.1 Å². The molecule has 0 unspecified atom stereocenters. The molecule has 180 valence electrons. The van der Waals surface area contributed by atoms with Crippen molar-refractivity contribution in [3.8, 4) is 0 Å². The van der Waals surface area contributed by atoms with Gasteiger partial charge in [0.05, 0.1) is 22.6 Å². The fraction of sp³-hybridized carbons (Fsp3) is 0.385. The van der Waals surface area contributed by atoms with E-state index in [1.807, 2.05) is 25.1 Å². The minimum atomic E-state index is -0.458. The second-order valence-electron chi connectivity index (χ2n) is 9.30. The summed E-state index contributed by atoms with van der Waals surface area (Å²) in [4.78, 5) is 23.0. The van der Waals surface area contributed by atoms with Crippen LogP contribution in [0.25, 0.3) is 4.85 Å². The van der Waals surface area contributed by atoms with Crippen LogP contribution in [-0.4, -0.2) is 33.9 Å². The number of aryl methyl sites for hydroxylation is 1. The molecule has 3 heterocycles. The summed E-state index contributed by atoms with van der Waals surface area (Å²) in [7, 11) is 0. The zero-order valence-electron chi connectivity index (χ0n) is 19.7. The van der Waals surface area contributed by atoms with Crippen molar-refractivity contribution in [3.63, 3.8) is 0 Å². The van der Waals surface area contributed by atoms with E-state index in [9.17, 15) is 9.18 Å². The van der Waals surface area contributed by atoms with Crippen LogP contribution in [0.4, 0.5) is 26.6 Å². The molecule has 0 bridgehead atoms. The van der Waals surface area contributed by atoms with Gasteiger partial charge in [-0.05, 0) is 86.8 Å². The molecule has 1 saturated heterocycles. The Morgan fingerprint density at radius 3 is 2.77 bits per heavy atom. The average molecular weight is 491 g/mol. The van der Waals surface area contributed by atoms with E-state index in [2.05, 4.69) is 36.7 Å². The van der Waals surface area contributed by atoms with Crippen LogP contribution in [0, 0.1) is 19.3 Å². The van der Waals surface area contributed by atoms with Crippen LogP contribution >= 0.6 is 11.5 Å². The quantitative estimate of drug-likeness (QED) is 0.418. The Morgan fingerprint density at radius 2 is 2.09 bits per heavy atom. The van der Waals surface area contributed by atoms with Crippen LogP contribution in [0.3, 0.4) is 0 Å². The van der Waals surface area contributed by atoms with Crippen molar-refractivity contribution in [2.75, 3.05) is 16.8 Å². The van der Waals surface area contributed by atoms with E-state index in [4.69, 9.17) is 6.57 Å². The Balaban J connectivity index is 1.32. The first-order chi connectivity index (χ1) is 16.9. The average Bonchev–Trinajstić information content (AvgIpc) is 3.62. The summed E-state index contributed by atoms with van der Waals surface area (Å²) in [6.07, 6.45) is 5.57. The van der Waals surface area contributed by atoms with Crippen LogP contribution in [0.5, 0.6) is 0 Å². The van der Waals surface area contributed by atoms with Crippen LogP contribution < -0.4 is 15.5 Å². The second-order valence-corrected chi connectivity index (χ2v) is 10.1. The largest absolute Gasteiger partial charge is 0.364 e. The van der Waals surface area contributed by atoms with Crippen molar-refractivity contribution in [1.82, 2.24) is 14.7 Å². The molecule has 2 aromatic heterocycles. The Hall–Kier alpha value is -3.51. The first-order valence-electron chi connectivity index (χ1n) is 11.9. The molecule has 7 nitrogen and oxygen atoms in total. The molecule has 9 heteroatoms. The molecule has 2 N–H and O–H groups in total. The highest BCUT2D eigenvalue weighted by molar-refractivity contribution is 7.10. The van der Waals surface area contributed by atoms with Crippen LogP contribution in [0.2, 0.25) is 0 Å². The van der Waals surface area contributed by atoms with E-state index in [-0.39, 0.29) is 23.6 Å². The van der Waals surface area contributed by atoms with Crippen LogP contribution in [0.15, 0.2) is 36.5 Å². The molecule has 1 aliphatic carbocycles. The lowest BCUT2D eigenvalue weighted by Gasteiger charge is -2.41.